The van der Waals surface area contributed by atoms with Gasteiger partial charge in [0.25, 0.3) is 0 Å². The van der Waals surface area contributed by atoms with Gasteiger partial charge in [0.2, 0.25) is 0 Å². The fourth-order valence-electron chi connectivity index (χ4n) is 1.68. The Morgan fingerprint density at radius 1 is 1.14 bits per heavy atom. The first-order valence-electron chi connectivity index (χ1n) is 6.17. The van der Waals surface area contributed by atoms with E-state index >= 15 is 0 Å². The number of nitrogens with one attached hydrogen (secondary N) is 1. The second-order valence-electron chi connectivity index (χ2n) is 4.28. The molecule has 2 aromatic rings. The molecule has 0 bridgehead atoms. The fourth-order valence-corrected chi connectivity index (χ4v) is 1.68. The van der Waals surface area contributed by atoms with Crippen LogP contribution in [0.2, 0.25) is 0 Å². The zero-order valence-electron chi connectivity index (χ0n) is 11.0. The predicted octanol–water partition coefficient (Wildman–Crippen LogP) is 2.79. The molecule has 1 N–H and O–H groups in total. The minimum Gasteiger partial charge on any atom is -0.424 e. The van der Waals surface area contributed by atoms with E-state index in [2.05, 4.69) is 27.1 Å². The van der Waals surface area contributed by atoms with Crippen molar-refractivity contribution in [2.45, 2.75) is 0 Å². The lowest BCUT2D eigenvalue weighted by Crippen LogP contribution is -2.13. The number of nitrogens with zero attached hydrogens (tertiary/aromatic N) is 3. The Labute approximate surface area is 120 Å². The molecule has 0 aliphatic carbocycles. The van der Waals surface area contributed by atoms with Crippen molar-refractivity contribution in [1.29, 1.82) is 0 Å². The van der Waals surface area contributed by atoms with Crippen LogP contribution in [0.4, 0.5) is 4.39 Å². The molecule has 0 radical (unpaired) electrons. The van der Waals surface area contributed by atoms with Gasteiger partial charge in [-0.15, -0.1) is 0 Å². The normalized spacial score (nSPS) is 13.6. The third-order valence-electron chi connectivity index (χ3n) is 2.69. The molecular formula is C15H11FN4O. The van der Waals surface area contributed by atoms with E-state index in [9.17, 15) is 4.39 Å². The fraction of sp³-hybridized carbons (Fsp3) is 0. The van der Waals surface area contributed by atoms with Crippen LogP contribution in [0.1, 0.15) is 5.56 Å². The third kappa shape index (κ3) is 3.11. The van der Waals surface area contributed by atoms with Gasteiger partial charge in [0.15, 0.2) is 0 Å². The van der Waals surface area contributed by atoms with E-state index < -0.39 is 0 Å². The van der Waals surface area contributed by atoms with Gasteiger partial charge >= 0.3 is 6.01 Å². The summed E-state index contributed by atoms with van der Waals surface area (Å²) in [5.74, 6) is -0.0345. The van der Waals surface area contributed by atoms with Crippen LogP contribution in [0.25, 0.3) is 0 Å². The summed E-state index contributed by atoms with van der Waals surface area (Å²) in [6.45, 7) is 3.72. The number of benzene rings is 1. The summed E-state index contributed by atoms with van der Waals surface area (Å²) in [5.41, 5.74) is 4.91. The Morgan fingerprint density at radius 2 is 1.95 bits per heavy atom. The zero-order chi connectivity index (χ0) is 14.7. The number of hydrogen-bond donors (Lipinski definition) is 1. The smallest absolute Gasteiger partial charge is 0.321 e. The van der Waals surface area contributed by atoms with E-state index in [1.807, 2.05) is 6.08 Å². The molecule has 1 aliphatic heterocycles. The molecule has 1 aliphatic rings. The third-order valence-corrected chi connectivity index (χ3v) is 2.69. The summed E-state index contributed by atoms with van der Waals surface area (Å²) < 4.78 is 18.4. The summed E-state index contributed by atoms with van der Waals surface area (Å²) in [5, 5.41) is 4.12. The molecule has 0 saturated carbocycles. The maximum absolute atomic E-state index is 13.1. The molecule has 6 heteroatoms. The van der Waals surface area contributed by atoms with Gasteiger partial charge in [0.05, 0.1) is 5.71 Å². The largest absolute Gasteiger partial charge is 0.424 e. The van der Waals surface area contributed by atoms with Gasteiger partial charge in [-0.25, -0.2) is 14.4 Å². The maximum Gasteiger partial charge on any atom is 0.321 e. The van der Waals surface area contributed by atoms with E-state index in [1.165, 1.54) is 12.1 Å². The van der Waals surface area contributed by atoms with Crippen LogP contribution < -0.4 is 10.2 Å². The van der Waals surface area contributed by atoms with Crippen molar-refractivity contribution in [2.24, 2.45) is 5.10 Å². The van der Waals surface area contributed by atoms with Gasteiger partial charge in [-0.3, -0.25) is 5.43 Å². The van der Waals surface area contributed by atoms with Crippen LogP contribution in [0.3, 0.4) is 0 Å². The summed E-state index contributed by atoms with van der Waals surface area (Å²) in [4.78, 5) is 8.15. The molecule has 0 amide bonds. The molecular weight excluding hydrogens is 271 g/mol. The lowest BCUT2D eigenvalue weighted by Gasteiger charge is -2.09. The lowest BCUT2D eigenvalue weighted by molar-refractivity contribution is 0.437. The second-order valence-corrected chi connectivity index (χ2v) is 4.28. The van der Waals surface area contributed by atoms with Crippen molar-refractivity contribution in [2.75, 3.05) is 0 Å². The minimum atomic E-state index is -0.378. The van der Waals surface area contributed by atoms with E-state index in [0.717, 1.165) is 5.56 Å². The Kier molecular flexibility index (Phi) is 3.42. The Balaban J connectivity index is 1.75. The number of halogens is 1. The summed E-state index contributed by atoms with van der Waals surface area (Å²) in [6.07, 6.45) is 6.78. The van der Waals surface area contributed by atoms with Crippen molar-refractivity contribution in [1.82, 2.24) is 15.4 Å². The molecule has 0 atom stereocenters. The highest BCUT2D eigenvalue weighted by Gasteiger charge is 2.07. The van der Waals surface area contributed by atoms with E-state index in [0.29, 0.717) is 17.2 Å². The minimum absolute atomic E-state index is 0.141. The molecule has 0 spiro atoms. The van der Waals surface area contributed by atoms with Crippen LogP contribution >= 0.6 is 0 Å². The Morgan fingerprint density at radius 3 is 2.62 bits per heavy atom. The average molecular weight is 282 g/mol. The lowest BCUT2D eigenvalue weighted by atomic mass is 10.2. The molecule has 1 aromatic heterocycles. The Bertz CT molecular complexity index is 738. The molecule has 0 saturated heterocycles. The van der Waals surface area contributed by atoms with Gasteiger partial charge in [-0.1, -0.05) is 12.6 Å². The number of aromatic nitrogens is 2. The van der Waals surface area contributed by atoms with E-state index in [4.69, 9.17) is 4.74 Å². The van der Waals surface area contributed by atoms with Crippen LogP contribution in [-0.2, 0) is 0 Å². The van der Waals surface area contributed by atoms with Crippen molar-refractivity contribution in [3.63, 3.8) is 0 Å². The first kappa shape index (κ1) is 13.0. The monoisotopic (exact) mass is 282 g/mol. The number of hydrazone groups is 1. The molecule has 2 heterocycles. The van der Waals surface area contributed by atoms with Gasteiger partial charge in [0, 0.05) is 29.7 Å². The molecule has 1 aromatic carbocycles. The number of ether oxygens (including phenoxy) is 1. The summed E-state index contributed by atoms with van der Waals surface area (Å²) >= 11 is 0. The van der Waals surface area contributed by atoms with Crippen molar-refractivity contribution < 1.29 is 9.13 Å². The molecule has 0 unspecified atom stereocenters. The Hall–Kier alpha value is -3.02. The quantitative estimate of drug-likeness (QED) is 0.940. The van der Waals surface area contributed by atoms with Gasteiger partial charge < -0.3 is 4.74 Å². The van der Waals surface area contributed by atoms with E-state index in [1.54, 1.807) is 30.6 Å². The van der Waals surface area contributed by atoms with Crippen molar-refractivity contribution in [3.8, 4) is 11.8 Å². The highest BCUT2D eigenvalue weighted by atomic mass is 19.1. The highest BCUT2D eigenvalue weighted by molar-refractivity contribution is 6.08. The van der Waals surface area contributed by atoms with Gasteiger partial charge in [-0.2, -0.15) is 5.10 Å². The molecule has 5 nitrogen and oxygen atoms in total. The van der Waals surface area contributed by atoms with Crippen LogP contribution in [0, 0.1) is 5.82 Å². The van der Waals surface area contributed by atoms with Crippen molar-refractivity contribution in [3.05, 3.63) is 72.5 Å². The SMILES string of the molecule is C=C1C=CC(c2cnc(Oc3cccc(F)c3)nc2)=NN1. The zero-order valence-corrected chi connectivity index (χ0v) is 11.0. The second kappa shape index (κ2) is 5.54. The molecule has 3 rings (SSSR count). The van der Waals surface area contributed by atoms with Gasteiger partial charge in [-0.05, 0) is 24.3 Å². The average Bonchev–Trinajstić information content (AvgIpc) is 2.49. The van der Waals surface area contributed by atoms with Crippen molar-refractivity contribution >= 4 is 5.71 Å². The summed E-state index contributed by atoms with van der Waals surface area (Å²) in [6, 6.07) is 5.93. The maximum atomic E-state index is 13.1. The molecule has 0 fully saturated rings. The van der Waals surface area contributed by atoms with Gasteiger partial charge in [0.1, 0.15) is 11.6 Å². The highest BCUT2D eigenvalue weighted by Crippen LogP contribution is 2.18. The van der Waals surface area contributed by atoms with E-state index in [-0.39, 0.29) is 11.8 Å². The predicted molar refractivity (Wildman–Crippen MR) is 76.5 cm³/mol. The number of hydrogen-bond acceptors (Lipinski definition) is 5. The van der Waals surface area contributed by atoms with Crippen LogP contribution in [0.15, 0.2) is 66.2 Å². The number of rotatable bonds is 3. The molecule has 21 heavy (non-hydrogen) atoms. The number of allylic oxidation sites excluding steroid dienone is 2. The van der Waals surface area contributed by atoms with Crippen LogP contribution in [-0.4, -0.2) is 15.7 Å². The topological polar surface area (TPSA) is 59.4 Å². The first-order valence-corrected chi connectivity index (χ1v) is 6.17. The summed E-state index contributed by atoms with van der Waals surface area (Å²) in [7, 11) is 0. The standard InChI is InChI=1S/C15H11FN4O/c1-10-5-6-14(20-19-10)11-8-17-15(18-9-11)21-13-4-2-3-12(16)7-13/h2-9,19H,1H2. The first-order chi connectivity index (χ1) is 10.2. The molecule has 104 valence electrons. The van der Waals surface area contributed by atoms with Crippen LogP contribution in [0.5, 0.6) is 11.8 Å².